The molecular weight excluding hydrogens is 363 g/mol. The Morgan fingerprint density at radius 2 is 1.79 bits per heavy atom. The molecule has 0 atom stereocenters. The van der Waals surface area contributed by atoms with Gasteiger partial charge in [-0.2, -0.15) is 0 Å². The number of hydrogen-bond acceptors (Lipinski definition) is 6. The molecule has 3 aromatic rings. The number of para-hydroxylation sites is 1. The molecular formula is C20H19FN4O3. The zero-order chi connectivity index (χ0) is 20.1. The third-order valence-electron chi connectivity index (χ3n) is 3.86. The highest BCUT2D eigenvalue weighted by molar-refractivity contribution is 6.03. The summed E-state index contributed by atoms with van der Waals surface area (Å²) >= 11 is 0. The van der Waals surface area contributed by atoms with E-state index in [1.54, 1.807) is 44.4 Å². The maximum absolute atomic E-state index is 13.8. The molecule has 0 spiro atoms. The maximum Gasteiger partial charge on any atom is 0.274 e. The summed E-state index contributed by atoms with van der Waals surface area (Å²) in [5.41, 5.74) is 1.36. The van der Waals surface area contributed by atoms with E-state index < -0.39 is 11.7 Å². The van der Waals surface area contributed by atoms with Crippen molar-refractivity contribution < 1.29 is 18.7 Å². The molecule has 2 aromatic carbocycles. The molecule has 28 heavy (non-hydrogen) atoms. The fourth-order valence-corrected chi connectivity index (χ4v) is 2.51. The molecule has 0 aliphatic heterocycles. The van der Waals surface area contributed by atoms with Gasteiger partial charge in [0.15, 0.2) is 0 Å². The van der Waals surface area contributed by atoms with Gasteiger partial charge in [0.05, 0.1) is 25.6 Å². The van der Waals surface area contributed by atoms with Crippen molar-refractivity contribution >= 4 is 23.2 Å². The van der Waals surface area contributed by atoms with Crippen LogP contribution in [-0.4, -0.2) is 30.1 Å². The number of carbonyl (C=O) groups is 1. The van der Waals surface area contributed by atoms with E-state index in [2.05, 4.69) is 20.6 Å². The van der Waals surface area contributed by atoms with Crippen molar-refractivity contribution in [3.63, 3.8) is 0 Å². The number of carbonyl (C=O) groups excluding carboxylic acids is 1. The van der Waals surface area contributed by atoms with Crippen molar-refractivity contribution in [2.24, 2.45) is 0 Å². The molecule has 8 heteroatoms. The third kappa shape index (κ3) is 4.35. The zero-order valence-electron chi connectivity index (χ0n) is 15.6. The molecule has 0 fully saturated rings. The number of methoxy groups -OCH3 is 2. The third-order valence-corrected chi connectivity index (χ3v) is 3.86. The smallest absolute Gasteiger partial charge is 0.274 e. The zero-order valence-corrected chi connectivity index (χ0v) is 15.6. The van der Waals surface area contributed by atoms with E-state index in [1.807, 2.05) is 0 Å². The fraction of sp³-hybridized carbons (Fsp3) is 0.150. The molecule has 2 N–H and O–H groups in total. The lowest BCUT2D eigenvalue weighted by Crippen LogP contribution is -2.16. The van der Waals surface area contributed by atoms with Gasteiger partial charge >= 0.3 is 0 Å². The highest BCUT2D eigenvalue weighted by Gasteiger charge is 2.14. The lowest BCUT2D eigenvalue weighted by molar-refractivity contribution is 0.102. The van der Waals surface area contributed by atoms with Crippen molar-refractivity contribution in [3.8, 4) is 11.5 Å². The summed E-state index contributed by atoms with van der Waals surface area (Å²) in [4.78, 5) is 21.0. The summed E-state index contributed by atoms with van der Waals surface area (Å²) in [7, 11) is 3.09. The van der Waals surface area contributed by atoms with Gasteiger partial charge in [0, 0.05) is 11.8 Å². The lowest BCUT2D eigenvalue weighted by Gasteiger charge is -2.13. The predicted octanol–water partition coefficient (Wildman–Crippen LogP) is 3.94. The Morgan fingerprint density at radius 1 is 1.00 bits per heavy atom. The number of ether oxygens (including phenoxy) is 2. The Kier molecular flexibility index (Phi) is 5.69. The molecule has 1 aromatic heterocycles. The molecule has 0 saturated heterocycles. The van der Waals surface area contributed by atoms with Crippen LogP contribution in [0.25, 0.3) is 0 Å². The average Bonchev–Trinajstić information content (AvgIpc) is 2.69. The Labute approximate surface area is 161 Å². The van der Waals surface area contributed by atoms with E-state index in [0.717, 1.165) is 0 Å². The molecule has 0 aliphatic rings. The minimum absolute atomic E-state index is 0.0788. The van der Waals surface area contributed by atoms with Gasteiger partial charge in [-0.25, -0.2) is 14.4 Å². The first-order valence-corrected chi connectivity index (χ1v) is 8.41. The number of anilines is 3. The molecule has 0 unspecified atom stereocenters. The second kappa shape index (κ2) is 8.34. The topological polar surface area (TPSA) is 85.4 Å². The van der Waals surface area contributed by atoms with Gasteiger partial charge in [-0.05, 0) is 37.3 Å². The summed E-state index contributed by atoms with van der Waals surface area (Å²) in [6.07, 6.45) is 0. The molecule has 0 saturated carbocycles. The number of nitrogens with zero attached hydrogens (tertiary/aromatic N) is 2. The second-order valence-corrected chi connectivity index (χ2v) is 5.84. The van der Waals surface area contributed by atoms with Gasteiger partial charge in [-0.15, -0.1) is 0 Å². The highest BCUT2D eigenvalue weighted by atomic mass is 19.1. The van der Waals surface area contributed by atoms with Crippen molar-refractivity contribution in [3.05, 3.63) is 65.7 Å². The van der Waals surface area contributed by atoms with E-state index in [9.17, 15) is 9.18 Å². The van der Waals surface area contributed by atoms with Crippen LogP contribution in [0.1, 0.15) is 16.2 Å². The summed E-state index contributed by atoms with van der Waals surface area (Å²) in [5, 5.41) is 5.54. The summed E-state index contributed by atoms with van der Waals surface area (Å²) in [5.74, 6) is 0.310. The Hall–Kier alpha value is -3.68. The second-order valence-electron chi connectivity index (χ2n) is 5.84. The number of benzene rings is 2. The van der Waals surface area contributed by atoms with Gasteiger partial charge in [0.1, 0.15) is 23.0 Å². The van der Waals surface area contributed by atoms with Crippen LogP contribution in [0.5, 0.6) is 11.5 Å². The summed E-state index contributed by atoms with van der Waals surface area (Å²) in [6, 6.07) is 12.7. The van der Waals surface area contributed by atoms with Crippen LogP contribution in [-0.2, 0) is 0 Å². The number of halogens is 1. The molecule has 0 bridgehead atoms. The Morgan fingerprint density at radius 3 is 2.50 bits per heavy atom. The van der Waals surface area contributed by atoms with E-state index in [0.29, 0.717) is 22.9 Å². The van der Waals surface area contributed by atoms with Gasteiger partial charge in [-0.3, -0.25) is 4.79 Å². The first kappa shape index (κ1) is 19.1. The molecule has 0 radical (unpaired) electrons. The average molecular weight is 382 g/mol. The number of nitrogens with one attached hydrogen (secondary N) is 2. The normalized spacial score (nSPS) is 10.3. The van der Waals surface area contributed by atoms with Crippen LogP contribution in [0.3, 0.4) is 0 Å². The van der Waals surface area contributed by atoms with E-state index >= 15 is 0 Å². The molecule has 7 nitrogen and oxygen atoms in total. The van der Waals surface area contributed by atoms with Crippen LogP contribution in [0, 0.1) is 12.7 Å². The quantitative estimate of drug-likeness (QED) is 0.672. The van der Waals surface area contributed by atoms with Crippen LogP contribution in [0.4, 0.5) is 21.7 Å². The van der Waals surface area contributed by atoms with Crippen LogP contribution >= 0.6 is 0 Å². The largest absolute Gasteiger partial charge is 0.497 e. The Bertz CT molecular complexity index is 1010. The van der Waals surface area contributed by atoms with Crippen LogP contribution < -0.4 is 20.1 Å². The molecule has 1 heterocycles. The van der Waals surface area contributed by atoms with E-state index in [-0.39, 0.29) is 17.3 Å². The minimum Gasteiger partial charge on any atom is -0.497 e. The van der Waals surface area contributed by atoms with E-state index in [1.165, 1.54) is 25.3 Å². The first-order valence-electron chi connectivity index (χ1n) is 8.41. The molecule has 3 rings (SSSR count). The van der Waals surface area contributed by atoms with Crippen molar-refractivity contribution in [1.82, 2.24) is 9.97 Å². The van der Waals surface area contributed by atoms with Gasteiger partial charge in [0.2, 0.25) is 5.95 Å². The van der Waals surface area contributed by atoms with Crippen LogP contribution in [0.2, 0.25) is 0 Å². The number of aryl methyl sites for hydroxylation is 1. The SMILES string of the molecule is COc1ccc(Nc2nc(C)cc(C(=O)Nc3ccccc3F)n2)c(OC)c1. The van der Waals surface area contributed by atoms with Gasteiger partial charge in [0.25, 0.3) is 5.91 Å². The monoisotopic (exact) mass is 382 g/mol. The summed E-state index contributed by atoms with van der Waals surface area (Å²) in [6.45, 7) is 1.73. The Balaban J connectivity index is 1.86. The fourth-order valence-electron chi connectivity index (χ4n) is 2.51. The lowest BCUT2D eigenvalue weighted by atomic mass is 10.2. The van der Waals surface area contributed by atoms with Crippen molar-refractivity contribution in [1.29, 1.82) is 0 Å². The standard InChI is InChI=1S/C20H19FN4O3/c1-12-10-17(19(26)23-15-7-5-4-6-14(15)21)25-20(22-12)24-16-9-8-13(27-2)11-18(16)28-3/h4-11H,1-3H3,(H,23,26)(H,22,24,25). The van der Waals surface area contributed by atoms with Gasteiger partial charge in [-0.1, -0.05) is 12.1 Å². The number of aromatic nitrogens is 2. The first-order chi connectivity index (χ1) is 13.5. The number of hydrogen-bond donors (Lipinski definition) is 2. The predicted molar refractivity (Wildman–Crippen MR) is 104 cm³/mol. The molecule has 0 aliphatic carbocycles. The minimum atomic E-state index is -0.541. The van der Waals surface area contributed by atoms with Crippen molar-refractivity contribution in [2.45, 2.75) is 6.92 Å². The van der Waals surface area contributed by atoms with Crippen molar-refractivity contribution in [2.75, 3.05) is 24.9 Å². The molecule has 1 amide bonds. The summed E-state index contributed by atoms with van der Waals surface area (Å²) < 4.78 is 24.3. The van der Waals surface area contributed by atoms with Crippen LogP contribution in [0.15, 0.2) is 48.5 Å². The highest BCUT2D eigenvalue weighted by Crippen LogP contribution is 2.30. The number of amides is 1. The number of rotatable bonds is 6. The maximum atomic E-state index is 13.8. The molecule has 144 valence electrons. The van der Waals surface area contributed by atoms with Gasteiger partial charge < -0.3 is 20.1 Å². The van der Waals surface area contributed by atoms with E-state index in [4.69, 9.17) is 9.47 Å².